The fourth-order valence-corrected chi connectivity index (χ4v) is 3.66. The lowest BCUT2D eigenvalue weighted by molar-refractivity contribution is 0.243. The van der Waals surface area contributed by atoms with Crippen LogP contribution in [0.4, 0.5) is 0 Å². The summed E-state index contributed by atoms with van der Waals surface area (Å²) < 4.78 is 1.93. The van der Waals surface area contributed by atoms with Crippen LogP contribution >= 0.6 is 0 Å². The highest BCUT2D eigenvalue weighted by atomic mass is 15.3. The Morgan fingerprint density at radius 1 is 0.893 bits per heavy atom. The summed E-state index contributed by atoms with van der Waals surface area (Å²) in [5, 5.41) is 4.51. The van der Waals surface area contributed by atoms with Crippen molar-refractivity contribution < 1.29 is 0 Å². The zero-order valence-electron chi connectivity index (χ0n) is 15.6. The molecule has 5 heteroatoms. The first-order valence-corrected chi connectivity index (χ1v) is 9.57. The Bertz CT molecular complexity index is 1070. The Labute approximate surface area is 164 Å². The van der Waals surface area contributed by atoms with Gasteiger partial charge in [0.25, 0.3) is 0 Å². The molecule has 0 spiro atoms. The van der Waals surface area contributed by atoms with Gasteiger partial charge in [0.15, 0.2) is 5.82 Å². The van der Waals surface area contributed by atoms with Gasteiger partial charge in [-0.25, -0.2) is 14.6 Å². The van der Waals surface area contributed by atoms with Crippen LogP contribution in [0.25, 0.3) is 17.1 Å². The van der Waals surface area contributed by atoms with Crippen molar-refractivity contribution in [2.24, 2.45) is 0 Å². The first-order chi connectivity index (χ1) is 13.8. The van der Waals surface area contributed by atoms with E-state index < -0.39 is 0 Å². The highest BCUT2D eigenvalue weighted by Gasteiger charge is 2.19. The van der Waals surface area contributed by atoms with Crippen LogP contribution in [0.1, 0.15) is 16.8 Å². The summed E-state index contributed by atoms with van der Waals surface area (Å²) in [5.74, 6) is 0.817. The molecule has 0 saturated heterocycles. The number of fused-ring (bicyclic) bond motifs is 1. The van der Waals surface area contributed by atoms with Gasteiger partial charge in [-0.3, -0.25) is 4.90 Å². The Morgan fingerprint density at radius 3 is 2.50 bits per heavy atom. The maximum atomic E-state index is 4.81. The predicted octanol–water partition coefficient (Wildman–Crippen LogP) is 3.89. The van der Waals surface area contributed by atoms with E-state index in [2.05, 4.69) is 45.4 Å². The van der Waals surface area contributed by atoms with E-state index in [1.165, 1.54) is 16.8 Å². The van der Waals surface area contributed by atoms with E-state index in [4.69, 9.17) is 4.98 Å². The topological polar surface area (TPSA) is 46.8 Å². The SMILES string of the molecule is c1ccc(-c2ncc3c(n2)CCN(Cc2cnn(-c4ccccc4)c2)C3)cc1. The second-order valence-electron chi connectivity index (χ2n) is 7.12. The average Bonchev–Trinajstić information content (AvgIpc) is 3.23. The van der Waals surface area contributed by atoms with Crippen molar-refractivity contribution in [2.45, 2.75) is 19.5 Å². The van der Waals surface area contributed by atoms with Crippen molar-refractivity contribution in [1.82, 2.24) is 24.6 Å². The summed E-state index contributed by atoms with van der Waals surface area (Å²) in [7, 11) is 0. The highest BCUT2D eigenvalue weighted by Crippen LogP contribution is 2.22. The molecular formula is C23H21N5. The lowest BCUT2D eigenvalue weighted by Gasteiger charge is -2.27. The summed E-state index contributed by atoms with van der Waals surface area (Å²) >= 11 is 0. The van der Waals surface area contributed by atoms with Crippen LogP contribution in [-0.2, 0) is 19.5 Å². The van der Waals surface area contributed by atoms with Crippen molar-refractivity contribution in [3.05, 3.63) is 96.1 Å². The molecule has 1 aliphatic rings. The normalized spacial score (nSPS) is 14.0. The van der Waals surface area contributed by atoms with Crippen molar-refractivity contribution >= 4 is 0 Å². The molecule has 4 aromatic rings. The number of aromatic nitrogens is 4. The molecule has 0 atom stereocenters. The number of hydrogen-bond acceptors (Lipinski definition) is 4. The Morgan fingerprint density at radius 2 is 1.68 bits per heavy atom. The molecule has 0 fully saturated rings. The maximum absolute atomic E-state index is 4.81. The third kappa shape index (κ3) is 3.44. The minimum atomic E-state index is 0.817. The Balaban J connectivity index is 1.30. The molecule has 0 bridgehead atoms. The monoisotopic (exact) mass is 367 g/mol. The van der Waals surface area contributed by atoms with Crippen molar-refractivity contribution in [2.75, 3.05) is 6.54 Å². The highest BCUT2D eigenvalue weighted by molar-refractivity contribution is 5.54. The van der Waals surface area contributed by atoms with Gasteiger partial charge in [0, 0.05) is 55.1 Å². The van der Waals surface area contributed by atoms with Crippen molar-refractivity contribution in [3.63, 3.8) is 0 Å². The van der Waals surface area contributed by atoms with E-state index in [1.807, 2.05) is 53.5 Å². The minimum Gasteiger partial charge on any atom is -0.294 e. The maximum Gasteiger partial charge on any atom is 0.159 e. The van der Waals surface area contributed by atoms with Crippen LogP contribution < -0.4 is 0 Å². The van der Waals surface area contributed by atoms with Gasteiger partial charge in [-0.1, -0.05) is 48.5 Å². The lowest BCUT2D eigenvalue weighted by atomic mass is 10.1. The van der Waals surface area contributed by atoms with E-state index in [0.717, 1.165) is 43.1 Å². The molecule has 138 valence electrons. The van der Waals surface area contributed by atoms with Gasteiger partial charge in [-0.05, 0) is 12.1 Å². The Hall–Kier alpha value is -3.31. The summed E-state index contributed by atoms with van der Waals surface area (Å²) in [6.07, 6.45) is 7.01. The lowest BCUT2D eigenvalue weighted by Crippen LogP contribution is -2.30. The molecular weight excluding hydrogens is 346 g/mol. The predicted molar refractivity (Wildman–Crippen MR) is 109 cm³/mol. The molecule has 0 aliphatic carbocycles. The average molecular weight is 367 g/mol. The van der Waals surface area contributed by atoms with Crippen molar-refractivity contribution in [1.29, 1.82) is 0 Å². The summed E-state index contributed by atoms with van der Waals surface area (Å²) in [5.41, 5.74) is 5.77. The van der Waals surface area contributed by atoms with Crippen LogP contribution in [0.2, 0.25) is 0 Å². The molecule has 2 aromatic carbocycles. The first-order valence-electron chi connectivity index (χ1n) is 9.57. The standard InChI is InChI=1S/C23H21N5/c1-3-7-19(8-4-1)23-24-14-20-17-27(12-11-22(20)26-23)15-18-13-25-28(16-18)21-9-5-2-6-10-21/h1-10,13-14,16H,11-12,15,17H2. The fraction of sp³-hybridized carbons (Fsp3) is 0.174. The molecule has 5 rings (SSSR count). The van der Waals surface area contributed by atoms with E-state index in [1.54, 1.807) is 0 Å². The van der Waals surface area contributed by atoms with Crippen LogP contribution in [0.5, 0.6) is 0 Å². The number of benzene rings is 2. The van der Waals surface area contributed by atoms with Crippen LogP contribution in [0.15, 0.2) is 79.3 Å². The second kappa shape index (κ2) is 7.37. The van der Waals surface area contributed by atoms with Gasteiger partial charge in [0.05, 0.1) is 17.6 Å². The van der Waals surface area contributed by atoms with Crippen molar-refractivity contribution in [3.8, 4) is 17.1 Å². The quantitative estimate of drug-likeness (QED) is 0.549. The number of para-hydroxylation sites is 1. The number of rotatable bonds is 4. The summed E-state index contributed by atoms with van der Waals surface area (Å²) in [6, 6.07) is 20.4. The Kier molecular flexibility index (Phi) is 4.43. The van der Waals surface area contributed by atoms with Crippen LogP contribution in [0.3, 0.4) is 0 Å². The largest absolute Gasteiger partial charge is 0.294 e. The minimum absolute atomic E-state index is 0.817. The first kappa shape index (κ1) is 16.8. The number of hydrogen-bond donors (Lipinski definition) is 0. The third-order valence-electron chi connectivity index (χ3n) is 5.11. The van der Waals surface area contributed by atoms with Gasteiger partial charge < -0.3 is 0 Å². The second-order valence-corrected chi connectivity index (χ2v) is 7.12. The van der Waals surface area contributed by atoms with E-state index >= 15 is 0 Å². The van der Waals surface area contributed by atoms with Gasteiger partial charge in [0.2, 0.25) is 0 Å². The molecule has 0 saturated carbocycles. The van der Waals surface area contributed by atoms with E-state index in [9.17, 15) is 0 Å². The zero-order chi connectivity index (χ0) is 18.8. The van der Waals surface area contributed by atoms with Crippen LogP contribution in [-0.4, -0.2) is 31.2 Å². The van der Waals surface area contributed by atoms with Crippen LogP contribution in [0, 0.1) is 0 Å². The van der Waals surface area contributed by atoms with Gasteiger partial charge in [-0.2, -0.15) is 5.10 Å². The molecule has 0 radical (unpaired) electrons. The molecule has 0 unspecified atom stereocenters. The zero-order valence-corrected chi connectivity index (χ0v) is 15.6. The molecule has 2 aromatic heterocycles. The third-order valence-corrected chi connectivity index (χ3v) is 5.11. The van der Waals surface area contributed by atoms with Gasteiger partial charge in [-0.15, -0.1) is 0 Å². The molecule has 5 nitrogen and oxygen atoms in total. The fourth-order valence-electron chi connectivity index (χ4n) is 3.66. The summed E-state index contributed by atoms with van der Waals surface area (Å²) in [6.45, 7) is 2.75. The molecule has 0 amide bonds. The smallest absolute Gasteiger partial charge is 0.159 e. The summed E-state index contributed by atoms with van der Waals surface area (Å²) in [4.78, 5) is 11.8. The molecule has 0 N–H and O–H groups in total. The number of nitrogens with zero attached hydrogens (tertiary/aromatic N) is 5. The van der Waals surface area contributed by atoms with E-state index in [0.29, 0.717) is 0 Å². The molecule has 1 aliphatic heterocycles. The molecule has 28 heavy (non-hydrogen) atoms. The molecule has 3 heterocycles. The van der Waals surface area contributed by atoms with Gasteiger partial charge in [0.1, 0.15) is 0 Å². The van der Waals surface area contributed by atoms with Gasteiger partial charge >= 0.3 is 0 Å². The van der Waals surface area contributed by atoms with E-state index in [-0.39, 0.29) is 0 Å².